The molecule has 0 N–H and O–H groups in total. The Kier molecular flexibility index (Phi) is 6.59. The first-order chi connectivity index (χ1) is 13.8. The summed E-state index contributed by atoms with van der Waals surface area (Å²) in [5.41, 5.74) is 0. The van der Waals surface area contributed by atoms with Crippen molar-refractivity contribution in [1.82, 2.24) is 20.0 Å². The lowest BCUT2D eigenvalue weighted by Gasteiger charge is -2.36. The van der Waals surface area contributed by atoms with Crippen LogP contribution >= 0.6 is 0 Å². The summed E-state index contributed by atoms with van der Waals surface area (Å²) in [5, 5.41) is 8.87. The van der Waals surface area contributed by atoms with Crippen molar-refractivity contribution in [3.05, 3.63) is 12.1 Å². The molecule has 1 aromatic heterocycles. The Bertz CT molecular complexity index is 618. The molecule has 0 aromatic carbocycles. The molecule has 0 radical (unpaired) electrons. The topological polar surface area (TPSA) is 65.0 Å². The first kappa shape index (κ1) is 19.4. The van der Waals surface area contributed by atoms with Crippen molar-refractivity contribution in [1.29, 1.82) is 0 Å². The third-order valence-corrected chi connectivity index (χ3v) is 5.99. The zero-order valence-electron chi connectivity index (χ0n) is 16.8. The predicted molar refractivity (Wildman–Crippen MR) is 109 cm³/mol. The van der Waals surface area contributed by atoms with E-state index in [9.17, 15) is 4.79 Å². The van der Waals surface area contributed by atoms with Gasteiger partial charge in [-0.3, -0.25) is 9.69 Å². The van der Waals surface area contributed by atoms with Crippen LogP contribution in [0.5, 0.6) is 0 Å². The van der Waals surface area contributed by atoms with Crippen molar-refractivity contribution >= 4 is 17.5 Å². The lowest BCUT2D eigenvalue weighted by Crippen LogP contribution is -2.50. The molecule has 28 heavy (non-hydrogen) atoms. The largest absolute Gasteiger partial charge is 0.378 e. The summed E-state index contributed by atoms with van der Waals surface area (Å²) in [4.78, 5) is 21.4. The minimum atomic E-state index is 0.296. The van der Waals surface area contributed by atoms with Gasteiger partial charge in [0.25, 0.3) is 0 Å². The molecule has 1 aromatic rings. The van der Waals surface area contributed by atoms with E-state index in [-0.39, 0.29) is 0 Å². The smallest absolute Gasteiger partial charge is 0.236 e. The van der Waals surface area contributed by atoms with Crippen LogP contribution in [0.2, 0.25) is 0 Å². The molecule has 4 rings (SSSR count). The van der Waals surface area contributed by atoms with Crippen LogP contribution in [0.4, 0.5) is 11.6 Å². The van der Waals surface area contributed by atoms with Gasteiger partial charge in [-0.05, 0) is 25.0 Å². The van der Waals surface area contributed by atoms with E-state index >= 15 is 0 Å². The Hall–Kier alpha value is -1.93. The quantitative estimate of drug-likeness (QED) is 0.757. The van der Waals surface area contributed by atoms with Gasteiger partial charge in [-0.15, -0.1) is 10.2 Å². The van der Waals surface area contributed by atoms with Crippen molar-refractivity contribution in [2.75, 3.05) is 81.9 Å². The first-order valence-corrected chi connectivity index (χ1v) is 10.7. The highest BCUT2D eigenvalue weighted by Gasteiger charge is 2.23. The molecule has 3 aliphatic rings. The van der Waals surface area contributed by atoms with Crippen LogP contribution in [-0.2, 0) is 9.53 Å². The van der Waals surface area contributed by atoms with E-state index in [1.165, 1.54) is 12.8 Å². The van der Waals surface area contributed by atoms with Crippen molar-refractivity contribution < 1.29 is 9.53 Å². The van der Waals surface area contributed by atoms with Crippen LogP contribution in [0, 0.1) is 0 Å². The maximum Gasteiger partial charge on any atom is 0.236 e. The van der Waals surface area contributed by atoms with Gasteiger partial charge in [0.2, 0.25) is 5.91 Å². The van der Waals surface area contributed by atoms with Gasteiger partial charge in [0.15, 0.2) is 11.6 Å². The van der Waals surface area contributed by atoms with Gasteiger partial charge in [0.1, 0.15) is 0 Å². The number of carbonyl (C=O) groups is 1. The van der Waals surface area contributed by atoms with E-state index < -0.39 is 0 Å². The molecule has 0 spiro atoms. The Morgan fingerprint density at radius 3 is 1.93 bits per heavy atom. The van der Waals surface area contributed by atoms with Crippen LogP contribution < -0.4 is 9.80 Å². The highest BCUT2D eigenvalue weighted by molar-refractivity contribution is 5.78. The molecular weight excluding hydrogens is 356 g/mol. The van der Waals surface area contributed by atoms with Crippen molar-refractivity contribution in [3.8, 4) is 0 Å². The Balaban J connectivity index is 1.25. The van der Waals surface area contributed by atoms with Crippen molar-refractivity contribution in [3.63, 3.8) is 0 Å². The number of ether oxygens (including phenoxy) is 1. The van der Waals surface area contributed by atoms with Crippen molar-refractivity contribution in [2.45, 2.75) is 25.7 Å². The number of aromatic nitrogens is 2. The second-order valence-corrected chi connectivity index (χ2v) is 7.91. The Morgan fingerprint density at radius 2 is 1.36 bits per heavy atom. The summed E-state index contributed by atoms with van der Waals surface area (Å²) in [6.45, 7) is 9.23. The average Bonchev–Trinajstić information content (AvgIpc) is 3.05. The molecule has 0 bridgehead atoms. The van der Waals surface area contributed by atoms with Crippen LogP contribution in [0.3, 0.4) is 0 Å². The molecule has 8 heteroatoms. The molecule has 0 unspecified atom stereocenters. The average molecular weight is 389 g/mol. The number of amides is 1. The van der Waals surface area contributed by atoms with Gasteiger partial charge in [-0.1, -0.05) is 12.8 Å². The molecule has 3 saturated heterocycles. The molecule has 0 saturated carbocycles. The third-order valence-electron chi connectivity index (χ3n) is 5.99. The minimum Gasteiger partial charge on any atom is -0.378 e. The lowest BCUT2D eigenvalue weighted by atomic mass is 10.2. The number of piperazine rings is 1. The van der Waals surface area contributed by atoms with Crippen LogP contribution in [0.25, 0.3) is 0 Å². The molecule has 3 fully saturated rings. The van der Waals surface area contributed by atoms with Gasteiger partial charge in [0.05, 0.1) is 19.8 Å². The van der Waals surface area contributed by atoms with E-state index in [0.717, 1.165) is 90.0 Å². The number of hydrogen-bond acceptors (Lipinski definition) is 7. The van der Waals surface area contributed by atoms with Gasteiger partial charge < -0.3 is 19.4 Å². The van der Waals surface area contributed by atoms with E-state index in [0.29, 0.717) is 12.5 Å². The third kappa shape index (κ3) is 4.91. The number of hydrogen-bond donors (Lipinski definition) is 0. The second-order valence-electron chi connectivity index (χ2n) is 7.91. The first-order valence-electron chi connectivity index (χ1n) is 10.7. The van der Waals surface area contributed by atoms with E-state index in [4.69, 9.17) is 4.74 Å². The van der Waals surface area contributed by atoms with Gasteiger partial charge in [-0.25, -0.2) is 0 Å². The molecular formula is C20H32N6O2. The number of rotatable bonds is 4. The van der Waals surface area contributed by atoms with Crippen LogP contribution in [0.1, 0.15) is 25.7 Å². The summed E-state index contributed by atoms with van der Waals surface area (Å²) < 4.78 is 5.39. The molecule has 4 heterocycles. The summed E-state index contributed by atoms with van der Waals surface area (Å²) >= 11 is 0. The summed E-state index contributed by atoms with van der Waals surface area (Å²) in [6, 6.07) is 4.12. The zero-order valence-corrected chi connectivity index (χ0v) is 16.8. The van der Waals surface area contributed by atoms with Crippen molar-refractivity contribution in [2.24, 2.45) is 0 Å². The fraction of sp³-hybridized carbons (Fsp3) is 0.750. The molecule has 0 atom stereocenters. The maximum atomic E-state index is 12.6. The summed E-state index contributed by atoms with van der Waals surface area (Å²) in [7, 11) is 0. The molecule has 0 aliphatic carbocycles. The standard InChI is InChI=1S/C20H32N6O2/c27-20(26-7-3-1-2-4-8-26)17-23-9-11-24(12-10-23)18-5-6-19(22-21-18)25-13-15-28-16-14-25/h5-6H,1-4,7-17H2. The van der Waals surface area contributed by atoms with Gasteiger partial charge >= 0.3 is 0 Å². The second kappa shape index (κ2) is 9.52. The van der Waals surface area contributed by atoms with Gasteiger partial charge in [-0.2, -0.15) is 0 Å². The normalized spacial score (nSPS) is 22.2. The van der Waals surface area contributed by atoms with E-state index in [1.54, 1.807) is 0 Å². The summed E-state index contributed by atoms with van der Waals surface area (Å²) in [5.74, 6) is 2.15. The zero-order chi connectivity index (χ0) is 19.2. The summed E-state index contributed by atoms with van der Waals surface area (Å²) in [6.07, 6.45) is 4.82. The van der Waals surface area contributed by atoms with E-state index in [1.807, 2.05) is 0 Å². The molecule has 3 aliphatic heterocycles. The maximum absolute atomic E-state index is 12.6. The van der Waals surface area contributed by atoms with Crippen LogP contribution in [-0.4, -0.2) is 98.0 Å². The molecule has 8 nitrogen and oxygen atoms in total. The molecule has 154 valence electrons. The highest BCUT2D eigenvalue weighted by atomic mass is 16.5. The number of nitrogens with zero attached hydrogens (tertiary/aromatic N) is 6. The SMILES string of the molecule is O=C(CN1CCN(c2ccc(N3CCOCC3)nn2)CC1)N1CCCCCC1. The number of anilines is 2. The monoisotopic (exact) mass is 388 g/mol. The highest BCUT2D eigenvalue weighted by Crippen LogP contribution is 2.18. The number of morpholine rings is 1. The van der Waals surface area contributed by atoms with Gasteiger partial charge in [0, 0.05) is 52.4 Å². The van der Waals surface area contributed by atoms with Crippen LogP contribution in [0.15, 0.2) is 12.1 Å². The predicted octanol–water partition coefficient (Wildman–Crippen LogP) is 0.838. The Morgan fingerprint density at radius 1 is 0.786 bits per heavy atom. The lowest BCUT2D eigenvalue weighted by molar-refractivity contribution is -0.132. The fourth-order valence-corrected chi connectivity index (χ4v) is 4.19. The fourth-order valence-electron chi connectivity index (χ4n) is 4.19. The Labute approximate surface area is 167 Å². The number of carbonyl (C=O) groups excluding carboxylic acids is 1. The molecule has 1 amide bonds. The minimum absolute atomic E-state index is 0.296. The number of likely N-dealkylation sites (tertiary alicyclic amines) is 1. The van der Waals surface area contributed by atoms with E-state index in [2.05, 4.69) is 41.9 Å².